The third-order valence-electron chi connectivity index (χ3n) is 7.99. The third kappa shape index (κ3) is 2.55. The minimum atomic E-state index is -0.394. The third-order valence-corrected chi connectivity index (χ3v) is 7.99. The van der Waals surface area contributed by atoms with E-state index in [4.69, 9.17) is 9.31 Å². The molecule has 0 atom stereocenters. The van der Waals surface area contributed by atoms with Gasteiger partial charge in [0.05, 0.1) is 27.9 Å². The average Bonchev–Trinajstić information content (AvgIpc) is 3.23. The lowest BCUT2D eigenvalue weighted by Gasteiger charge is -2.32. The summed E-state index contributed by atoms with van der Waals surface area (Å²) in [7, 11) is -0.394. The molecule has 0 radical (unpaired) electrons. The molecule has 166 valence electrons. The maximum Gasteiger partial charge on any atom is 0.494 e. The Morgan fingerprint density at radius 1 is 0.618 bits per heavy atom. The van der Waals surface area contributed by atoms with Gasteiger partial charge in [-0.05, 0) is 56.4 Å². The molecule has 0 spiro atoms. The SMILES string of the molecule is CC1(C)OB(c2ccc3c(c2)-c2ccccc2-c2cccc4c5ccccc5n-3c24)OC1(C)C. The standard InChI is InChI=1S/C30H26BNO2/c1-29(2)30(3,4)34-31(33-29)19-16-17-27-25(18-19)21-11-6-5-10-20(21)23-13-9-14-24-22-12-7-8-15-26(22)32(27)28(23)24/h5-18H,1-4H3. The lowest BCUT2D eigenvalue weighted by molar-refractivity contribution is 0.00578. The molecule has 7 rings (SSSR count). The van der Waals surface area contributed by atoms with Gasteiger partial charge in [-0.25, -0.2) is 0 Å². The van der Waals surface area contributed by atoms with Crippen LogP contribution < -0.4 is 5.46 Å². The molecule has 0 unspecified atom stereocenters. The molecule has 3 nitrogen and oxygen atoms in total. The number of hydrogen-bond acceptors (Lipinski definition) is 2. The van der Waals surface area contributed by atoms with E-state index in [0.717, 1.165) is 5.46 Å². The van der Waals surface area contributed by atoms with E-state index in [-0.39, 0.29) is 11.2 Å². The molecule has 0 N–H and O–H groups in total. The van der Waals surface area contributed by atoms with E-state index in [2.05, 4.69) is 117 Å². The first-order valence-corrected chi connectivity index (χ1v) is 12.0. The van der Waals surface area contributed by atoms with Crippen molar-refractivity contribution < 1.29 is 9.31 Å². The van der Waals surface area contributed by atoms with Crippen molar-refractivity contribution in [1.82, 2.24) is 4.57 Å². The normalized spacial score (nSPS) is 17.6. The number of nitrogens with zero attached hydrogens (tertiary/aromatic N) is 1. The Hall–Kier alpha value is -3.34. The highest BCUT2D eigenvalue weighted by molar-refractivity contribution is 6.62. The fourth-order valence-electron chi connectivity index (χ4n) is 5.53. The zero-order chi connectivity index (χ0) is 23.2. The lowest BCUT2D eigenvalue weighted by atomic mass is 9.77. The summed E-state index contributed by atoms with van der Waals surface area (Å²) in [6.45, 7) is 8.41. The minimum Gasteiger partial charge on any atom is -0.399 e. The first-order chi connectivity index (χ1) is 16.4. The van der Waals surface area contributed by atoms with Crippen LogP contribution in [0.25, 0.3) is 49.7 Å². The van der Waals surface area contributed by atoms with Crippen LogP contribution in [0.15, 0.2) is 84.9 Å². The van der Waals surface area contributed by atoms with Crippen molar-refractivity contribution in [1.29, 1.82) is 0 Å². The van der Waals surface area contributed by atoms with E-state index in [1.807, 2.05) is 0 Å². The summed E-state index contributed by atoms with van der Waals surface area (Å²) in [4.78, 5) is 0. The summed E-state index contributed by atoms with van der Waals surface area (Å²) in [5.74, 6) is 0. The number of hydrogen-bond donors (Lipinski definition) is 0. The van der Waals surface area contributed by atoms with Crippen molar-refractivity contribution in [2.75, 3.05) is 0 Å². The van der Waals surface area contributed by atoms with Gasteiger partial charge in [-0.3, -0.25) is 0 Å². The minimum absolute atomic E-state index is 0.374. The van der Waals surface area contributed by atoms with Crippen LogP contribution in [-0.2, 0) is 9.31 Å². The largest absolute Gasteiger partial charge is 0.494 e. The van der Waals surface area contributed by atoms with Gasteiger partial charge in [0.1, 0.15) is 0 Å². The monoisotopic (exact) mass is 443 g/mol. The van der Waals surface area contributed by atoms with Crippen LogP contribution in [0.5, 0.6) is 0 Å². The maximum atomic E-state index is 6.41. The van der Waals surface area contributed by atoms with Gasteiger partial charge in [-0.15, -0.1) is 0 Å². The van der Waals surface area contributed by atoms with Crippen LogP contribution in [0.1, 0.15) is 27.7 Å². The molecule has 0 saturated carbocycles. The highest BCUT2D eigenvalue weighted by Gasteiger charge is 2.51. The summed E-state index contributed by atoms with van der Waals surface area (Å²) in [5.41, 5.74) is 8.91. The van der Waals surface area contributed by atoms with Gasteiger partial charge >= 0.3 is 7.12 Å². The number of benzene rings is 4. The predicted molar refractivity (Wildman–Crippen MR) is 141 cm³/mol. The van der Waals surface area contributed by atoms with Gasteiger partial charge in [0.25, 0.3) is 0 Å². The first kappa shape index (κ1) is 20.1. The summed E-state index contributed by atoms with van der Waals surface area (Å²) < 4.78 is 15.2. The van der Waals surface area contributed by atoms with E-state index in [0.29, 0.717) is 0 Å². The Morgan fingerprint density at radius 3 is 2.00 bits per heavy atom. The highest BCUT2D eigenvalue weighted by Crippen LogP contribution is 2.46. The van der Waals surface area contributed by atoms with Crippen LogP contribution in [0.3, 0.4) is 0 Å². The molecular weight excluding hydrogens is 417 g/mol. The zero-order valence-corrected chi connectivity index (χ0v) is 19.9. The molecular formula is C30H26BNO2. The predicted octanol–water partition coefficient (Wildman–Crippen LogP) is 6.73. The lowest BCUT2D eigenvalue weighted by Crippen LogP contribution is -2.41. The van der Waals surface area contributed by atoms with Crippen molar-refractivity contribution >= 4 is 34.4 Å². The molecule has 4 heteroatoms. The van der Waals surface area contributed by atoms with Crippen LogP contribution in [0.4, 0.5) is 0 Å². The number of aromatic nitrogens is 1. The smallest absolute Gasteiger partial charge is 0.399 e. The van der Waals surface area contributed by atoms with Crippen molar-refractivity contribution in [3.8, 4) is 27.9 Å². The molecule has 3 heterocycles. The summed E-state index contributed by atoms with van der Waals surface area (Å²) in [5, 5.41) is 2.56. The Kier molecular flexibility index (Phi) is 3.91. The molecule has 2 aliphatic heterocycles. The first-order valence-electron chi connectivity index (χ1n) is 12.0. The van der Waals surface area contributed by atoms with Crippen molar-refractivity contribution in [3.63, 3.8) is 0 Å². The topological polar surface area (TPSA) is 23.4 Å². The van der Waals surface area contributed by atoms with E-state index >= 15 is 0 Å². The second kappa shape index (κ2) is 6.62. The van der Waals surface area contributed by atoms with E-state index < -0.39 is 7.12 Å². The highest BCUT2D eigenvalue weighted by atomic mass is 16.7. The molecule has 1 saturated heterocycles. The van der Waals surface area contributed by atoms with Crippen molar-refractivity contribution in [2.24, 2.45) is 0 Å². The number of fused-ring (bicyclic) bond motifs is 8. The van der Waals surface area contributed by atoms with Gasteiger partial charge in [-0.2, -0.15) is 0 Å². The Morgan fingerprint density at radius 2 is 1.24 bits per heavy atom. The molecule has 0 amide bonds. The molecule has 1 fully saturated rings. The van der Waals surface area contributed by atoms with Gasteiger partial charge < -0.3 is 13.9 Å². The van der Waals surface area contributed by atoms with Crippen LogP contribution in [-0.4, -0.2) is 22.9 Å². The Labute approximate surface area is 200 Å². The van der Waals surface area contributed by atoms with Gasteiger partial charge in [0.2, 0.25) is 0 Å². The second-order valence-corrected chi connectivity index (χ2v) is 10.5. The molecule has 2 aliphatic rings. The van der Waals surface area contributed by atoms with Crippen molar-refractivity contribution in [3.05, 3.63) is 84.9 Å². The number of rotatable bonds is 1. The molecule has 1 aromatic heterocycles. The summed E-state index contributed by atoms with van der Waals surface area (Å²) >= 11 is 0. The molecule has 0 aliphatic carbocycles. The van der Waals surface area contributed by atoms with Gasteiger partial charge in [-0.1, -0.05) is 72.8 Å². The molecule has 34 heavy (non-hydrogen) atoms. The molecule has 0 bridgehead atoms. The van der Waals surface area contributed by atoms with Gasteiger partial charge in [0.15, 0.2) is 0 Å². The average molecular weight is 443 g/mol. The summed E-state index contributed by atoms with van der Waals surface area (Å²) in [6, 6.07) is 30.8. The van der Waals surface area contributed by atoms with E-state index in [1.165, 1.54) is 49.7 Å². The quantitative estimate of drug-likeness (QED) is 0.263. The Balaban J connectivity index is 1.55. The number of para-hydroxylation sites is 2. The Bertz CT molecular complexity index is 1610. The fraction of sp³-hybridized carbons (Fsp3) is 0.200. The second-order valence-electron chi connectivity index (χ2n) is 10.5. The van der Waals surface area contributed by atoms with E-state index in [1.54, 1.807) is 0 Å². The van der Waals surface area contributed by atoms with Crippen LogP contribution in [0, 0.1) is 0 Å². The van der Waals surface area contributed by atoms with Crippen molar-refractivity contribution in [2.45, 2.75) is 38.9 Å². The van der Waals surface area contributed by atoms with Crippen LogP contribution in [0.2, 0.25) is 0 Å². The van der Waals surface area contributed by atoms with Gasteiger partial charge in [0, 0.05) is 21.9 Å². The van der Waals surface area contributed by atoms with Crippen LogP contribution >= 0.6 is 0 Å². The fourth-order valence-corrected chi connectivity index (χ4v) is 5.53. The van der Waals surface area contributed by atoms with E-state index in [9.17, 15) is 0 Å². The summed E-state index contributed by atoms with van der Waals surface area (Å²) in [6.07, 6.45) is 0. The molecule has 5 aromatic rings. The maximum absolute atomic E-state index is 6.41. The molecule has 4 aromatic carbocycles. The zero-order valence-electron chi connectivity index (χ0n) is 19.9.